The van der Waals surface area contributed by atoms with Gasteiger partial charge in [0.1, 0.15) is 11.5 Å². The van der Waals surface area contributed by atoms with Crippen LogP contribution < -0.4 is 0 Å². The lowest BCUT2D eigenvalue weighted by atomic mass is 9.89. The van der Waals surface area contributed by atoms with Crippen molar-refractivity contribution in [1.29, 1.82) is 0 Å². The topological polar surface area (TPSA) is 42.8 Å². The SMILES string of the molecule is c1ccc2c(c1)nc1n2[C@@]2(N3CCOCC3)CCC[C@@H]2[C@H]1N1CCOCC1. The summed E-state index contributed by atoms with van der Waals surface area (Å²) in [6.07, 6.45) is 3.82. The van der Waals surface area contributed by atoms with Crippen molar-refractivity contribution >= 4 is 11.0 Å². The Morgan fingerprint density at radius 2 is 1.70 bits per heavy atom. The number of fused-ring (bicyclic) bond motifs is 5. The average molecular weight is 368 g/mol. The lowest BCUT2D eigenvalue weighted by Crippen LogP contribution is -2.55. The standard InChI is InChI=1S/C21H28N4O2/c1-2-6-18-17(5-1)22-20-19(23-8-12-26-13-9-23)16-4-3-7-21(16,25(18)20)24-10-14-27-15-11-24/h1-2,5-6,16,19H,3-4,7-15H2/t16-,19-,21+/m1/s1. The van der Waals surface area contributed by atoms with Crippen LogP contribution >= 0.6 is 0 Å². The molecule has 3 aliphatic heterocycles. The Kier molecular flexibility index (Phi) is 3.83. The zero-order valence-corrected chi connectivity index (χ0v) is 15.8. The van der Waals surface area contributed by atoms with Gasteiger partial charge in [0.05, 0.1) is 43.5 Å². The molecule has 6 heteroatoms. The summed E-state index contributed by atoms with van der Waals surface area (Å²) < 4.78 is 14.0. The van der Waals surface area contributed by atoms with E-state index in [1.165, 1.54) is 30.6 Å². The third kappa shape index (κ3) is 2.24. The third-order valence-electron chi connectivity index (χ3n) is 7.27. The van der Waals surface area contributed by atoms with Crippen molar-refractivity contribution < 1.29 is 9.47 Å². The number of hydrogen-bond acceptors (Lipinski definition) is 5. The van der Waals surface area contributed by atoms with Gasteiger partial charge in [-0.25, -0.2) is 4.98 Å². The van der Waals surface area contributed by atoms with Crippen LogP contribution in [0.25, 0.3) is 11.0 Å². The van der Waals surface area contributed by atoms with Gasteiger partial charge in [0, 0.05) is 32.1 Å². The molecule has 0 spiro atoms. The molecule has 6 rings (SSSR count). The number of hydrogen-bond donors (Lipinski definition) is 0. The normalized spacial score (nSPS) is 34.8. The van der Waals surface area contributed by atoms with Gasteiger partial charge >= 0.3 is 0 Å². The summed E-state index contributed by atoms with van der Waals surface area (Å²) in [4.78, 5) is 10.6. The summed E-state index contributed by atoms with van der Waals surface area (Å²) in [6, 6.07) is 9.13. The lowest BCUT2D eigenvalue weighted by Gasteiger charge is -2.46. The van der Waals surface area contributed by atoms with Gasteiger partial charge in [-0.1, -0.05) is 12.1 Å². The first-order valence-electron chi connectivity index (χ1n) is 10.5. The van der Waals surface area contributed by atoms with Gasteiger partial charge in [0.15, 0.2) is 0 Å². The molecule has 0 amide bonds. The maximum absolute atomic E-state index is 5.71. The van der Waals surface area contributed by atoms with Crippen molar-refractivity contribution in [2.24, 2.45) is 5.92 Å². The van der Waals surface area contributed by atoms with Gasteiger partial charge in [0.25, 0.3) is 0 Å². The van der Waals surface area contributed by atoms with Crippen molar-refractivity contribution in [3.05, 3.63) is 30.1 Å². The summed E-state index contributed by atoms with van der Waals surface area (Å²) in [6.45, 7) is 7.46. The van der Waals surface area contributed by atoms with Crippen LogP contribution in [0.15, 0.2) is 24.3 Å². The fraction of sp³-hybridized carbons (Fsp3) is 0.667. The third-order valence-corrected chi connectivity index (χ3v) is 7.27. The highest BCUT2D eigenvalue weighted by Gasteiger charge is 2.60. The van der Waals surface area contributed by atoms with Gasteiger partial charge in [0.2, 0.25) is 0 Å². The second kappa shape index (κ2) is 6.27. The molecular weight excluding hydrogens is 340 g/mol. The summed E-state index contributed by atoms with van der Waals surface area (Å²) in [5.41, 5.74) is 2.52. The highest BCUT2D eigenvalue weighted by molar-refractivity contribution is 5.77. The summed E-state index contributed by atoms with van der Waals surface area (Å²) in [5.74, 6) is 1.90. The summed E-state index contributed by atoms with van der Waals surface area (Å²) in [5, 5.41) is 0. The van der Waals surface area contributed by atoms with E-state index in [1.54, 1.807) is 0 Å². The number of morpholine rings is 2. The number of rotatable bonds is 2. The molecule has 1 aromatic heterocycles. The Bertz CT molecular complexity index is 840. The minimum Gasteiger partial charge on any atom is -0.379 e. The second-order valence-corrected chi connectivity index (χ2v) is 8.36. The Morgan fingerprint density at radius 3 is 2.52 bits per heavy atom. The summed E-state index contributed by atoms with van der Waals surface area (Å²) >= 11 is 0. The molecule has 0 bridgehead atoms. The van der Waals surface area contributed by atoms with Gasteiger partial charge < -0.3 is 14.0 Å². The zero-order chi connectivity index (χ0) is 17.8. The van der Waals surface area contributed by atoms with Gasteiger partial charge in [-0.3, -0.25) is 9.80 Å². The van der Waals surface area contributed by atoms with Crippen molar-refractivity contribution in [1.82, 2.24) is 19.4 Å². The van der Waals surface area contributed by atoms with Crippen molar-refractivity contribution in [2.75, 3.05) is 52.6 Å². The fourth-order valence-corrected chi connectivity index (χ4v) is 6.27. The number of aromatic nitrogens is 2. The Morgan fingerprint density at radius 1 is 0.963 bits per heavy atom. The second-order valence-electron chi connectivity index (χ2n) is 8.36. The monoisotopic (exact) mass is 368 g/mol. The molecule has 4 aliphatic rings. The molecule has 2 saturated heterocycles. The maximum atomic E-state index is 5.71. The molecule has 0 N–H and O–H groups in total. The summed E-state index contributed by atoms with van der Waals surface area (Å²) in [7, 11) is 0. The number of ether oxygens (including phenoxy) is 2. The fourth-order valence-electron chi connectivity index (χ4n) is 6.27. The van der Waals surface area contributed by atoms with E-state index in [9.17, 15) is 0 Å². The van der Waals surface area contributed by atoms with Crippen LogP contribution in [0.5, 0.6) is 0 Å². The number of para-hydroxylation sites is 2. The molecule has 0 unspecified atom stereocenters. The minimum atomic E-state index is 0.0676. The first-order valence-corrected chi connectivity index (χ1v) is 10.5. The van der Waals surface area contributed by atoms with Gasteiger partial charge in [-0.2, -0.15) is 0 Å². The average Bonchev–Trinajstić information content (AvgIpc) is 3.38. The largest absolute Gasteiger partial charge is 0.379 e. The molecule has 1 aliphatic carbocycles. The first-order chi connectivity index (χ1) is 13.4. The number of nitrogens with zero attached hydrogens (tertiary/aromatic N) is 4. The van der Waals surface area contributed by atoms with E-state index < -0.39 is 0 Å². The highest BCUT2D eigenvalue weighted by atomic mass is 16.5. The minimum absolute atomic E-state index is 0.0676. The molecule has 27 heavy (non-hydrogen) atoms. The predicted octanol–water partition coefficient (Wildman–Crippen LogP) is 2.21. The van der Waals surface area contributed by atoms with Gasteiger partial charge in [-0.15, -0.1) is 0 Å². The molecule has 144 valence electrons. The van der Waals surface area contributed by atoms with E-state index >= 15 is 0 Å². The van der Waals surface area contributed by atoms with Crippen molar-refractivity contribution in [3.8, 4) is 0 Å². The van der Waals surface area contributed by atoms with Crippen LogP contribution in [0.4, 0.5) is 0 Å². The van der Waals surface area contributed by atoms with E-state index in [-0.39, 0.29) is 5.66 Å². The smallest absolute Gasteiger partial charge is 0.129 e. The maximum Gasteiger partial charge on any atom is 0.129 e. The van der Waals surface area contributed by atoms with E-state index in [0.717, 1.165) is 58.1 Å². The van der Waals surface area contributed by atoms with Crippen LogP contribution in [-0.2, 0) is 15.1 Å². The first kappa shape index (κ1) is 16.5. The Hall–Kier alpha value is -1.47. The van der Waals surface area contributed by atoms with Crippen LogP contribution in [0.2, 0.25) is 0 Å². The quantitative estimate of drug-likeness (QED) is 0.813. The molecule has 3 fully saturated rings. The molecule has 1 aromatic carbocycles. The predicted molar refractivity (Wildman–Crippen MR) is 103 cm³/mol. The van der Waals surface area contributed by atoms with Crippen molar-refractivity contribution in [2.45, 2.75) is 31.0 Å². The van der Waals surface area contributed by atoms with E-state index in [0.29, 0.717) is 12.0 Å². The van der Waals surface area contributed by atoms with Crippen LogP contribution in [0.3, 0.4) is 0 Å². The Balaban J connectivity index is 1.55. The Labute approximate surface area is 160 Å². The molecule has 2 aromatic rings. The van der Waals surface area contributed by atoms with Gasteiger partial charge in [-0.05, 0) is 31.4 Å². The number of imidazole rings is 1. The van der Waals surface area contributed by atoms with Crippen LogP contribution in [0, 0.1) is 5.92 Å². The van der Waals surface area contributed by atoms with Crippen LogP contribution in [0.1, 0.15) is 31.1 Å². The molecule has 6 nitrogen and oxygen atoms in total. The molecule has 0 radical (unpaired) electrons. The van der Waals surface area contributed by atoms with Crippen molar-refractivity contribution in [3.63, 3.8) is 0 Å². The van der Waals surface area contributed by atoms with E-state index in [2.05, 4.69) is 38.6 Å². The van der Waals surface area contributed by atoms with E-state index in [4.69, 9.17) is 14.5 Å². The molecule has 1 saturated carbocycles. The molecular formula is C21H28N4O2. The van der Waals surface area contributed by atoms with E-state index in [1.807, 2.05) is 0 Å². The molecule has 3 atom stereocenters. The zero-order valence-electron chi connectivity index (χ0n) is 15.8. The van der Waals surface area contributed by atoms with Crippen LogP contribution in [-0.4, -0.2) is 72.0 Å². The lowest BCUT2D eigenvalue weighted by molar-refractivity contribution is -0.0821. The number of benzene rings is 1. The highest BCUT2D eigenvalue weighted by Crippen LogP contribution is 2.58. The molecule has 4 heterocycles.